The maximum Gasteiger partial charge on any atom is 0.406 e. The van der Waals surface area contributed by atoms with Gasteiger partial charge in [-0.2, -0.15) is 13.2 Å². The van der Waals surface area contributed by atoms with Gasteiger partial charge in [0.05, 0.1) is 12.2 Å². The Bertz CT molecular complexity index is 475. The van der Waals surface area contributed by atoms with Crippen molar-refractivity contribution in [2.24, 2.45) is 0 Å². The van der Waals surface area contributed by atoms with Crippen molar-refractivity contribution in [1.82, 2.24) is 4.90 Å². The summed E-state index contributed by atoms with van der Waals surface area (Å²) in [5.74, 6) is -0.763. The molecule has 0 fully saturated rings. The lowest BCUT2D eigenvalue weighted by Crippen LogP contribution is -2.40. The van der Waals surface area contributed by atoms with Crippen molar-refractivity contribution >= 4 is 11.6 Å². The van der Waals surface area contributed by atoms with Crippen molar-refractivity contribution in [1.29, 1.82) is 0 Å². The van der Waals surface area contributed by atoms with Crippen LogP contribution in [0.2, 0.25) is 0 Å². The van der Waals surface area contributed by atoms with Crippen LogP contribution < -0.4 is 5.32 Å². The van der Waals surface area contributed by atoms with Crippen molar-refractivity contribution in [2.45, 2.75) is 13.1 Å². The van der Waals surface area contributed by atoms with Gasteiger partial charge in [0.25, 0.3) is 5.91 Å². The molecule has 20 heavy (non-hydrogen) atoms. The fraction of sp³-hybridized carbons (Fsp3) is 0.462. The molecular weight excluding hydrogens is 273 g/mol. The van der Waals surface area contributed by atoms with Crippen LogP contribution in [0.15, 0.2) is 18.2 Å². The van der Waals surface area contributed by atoms with E-state index < -0.39 is 25.2 Å². The SMILES string of the molecule is CNc1cc(C)ccc1C(=O)N(CCO)CC(F)(F)F. The lowest BCUT2D eigenvalue weighted by molar-refractivity contribution is -0.141. The fourth-order valence-corrected chi connectivity index (χ4v) is 1.81. The van der Waals surface area contributed by atoms with Crippen molar-refractivity contribution in [3.05, 3.63) is 29.3 Å². The summed E-state index contributed by atoms with van der Waals surface area (Å²) in [6, 6.07) is 4.81. The Kier molecular flexibility index (Phi) is 5.38. The monoisotopic (exact) mass is 290 g/mol. The summed E-state index contributed by atoms with van der Waals surface area (Å²) in [6.45, 7) is -0.461. The smallest absolute Gasteiger partial charge is 0.395 e. The van der Waals surface area contributed by atoms with Crippen LogP contribution in [-0.4, -0.2) is 48.8 Å². The lowest BCUT2D eigenvalue weighted by atomic mass is 10.1. The number of halogens is 3. The van der Waals surface area contributed by atoms with Crippen LogP contribution in [-0.2, 0) is 0 Å². The highest BCUT2D eigenvalue weighted by molar-refractivity contribution is 5.99. The predicted octanol–water partition coefficient (Wildman–Crippen LogP) is 2.03. The number of hydrogen-bond donors (Lipinski definition) is 2. The van der Waals surface area contributed by atoms with E-state index in [0.29, 0.717) is 10.6 Å². The van der Waals surface area contributed by atoms with Gasteiger partial charge < -0.3 is 15.3 Å². The number of carbonyl (C=O) groups excluding carboxylic acids is 1. The van der Waals surface area contributed by atoms with Crippen LogP contribution in [0.25, 0.3) is 0 Å². The largest absolute Gasteiger partial charge is 0.406 e. The molecule has 0 unspecified atom stereocenters. The van der Waals surface area contributed by atoms with Gasteiger partial charge in [-0.25, -0.2) is 0 Å². The van der Waals surface area contributed by atoms with Crippen molar-refractivity contribution < 1.29 is 23.1 Å². The van der Waals surface area contributed by atoms with Gasteiger partial charge in [0.15, 0.2) is 0 Å². The molecule has 0 heterocycles. The lowest BCUT2D eigenvalue weighted by Gasteiger charge is -2.24. The Hall–Kier alpha value is -1.76. The number of carbonyl (C=O) groups is 1. The van der Waals surface area contributed by atoms with E-state index >= 15 is 0 Å². The van der Waals surface area contributed by atoms with Gasteiger partial charge in [-0.15, -0.1) is 0 Å². The summed E-state index contributed by atoms with van der Waals surface area (Å²) in [5.41, 5.74) is 1.49. The number of aliphatic hydroxyl groups excluding tert-OH is 1. The minimum absolute atomic E-state index is 0.149. The summed E-state index contributed by atoms with van der Waals surface area (Å²) >= 11 is 0. The second kappa shape index (κ2) is 6.60. The maximum absolute atomic E-state index is 12.5. The van der Waals surface area contributed by atoms with Gasteiger partial charge in [0.1, 0.15) is 6.54 Å². The molecule has 7 heteroatoms. The number of alkyl halides is 3. The van der Waals surface area contributed by atoms with E-state index in [1.54, 1.807) is 19.2 Å². The Morgan fingerprint density at radius 1 is 1.40 bits per heavy atom. The molecule has 0 aliphatic rings. The number of benzene rings is 1. The molecule has 0 aliphatic carbocycles. The van der Waals surface area contributed by atoms with Gasteiger partial charge in [-0.05, 0) is 24.6 Å². The van der Waals surface area contributed by atoms with Crippen molar-refractivity contribution in [3.63, 3.8) is 0 Å². The normalized spacial score (nSPS) is 11.3. The van der Waals surface area contributed by atoms with Crippen molar-refractivity contribution in [3.8, 4) is 0 Å². The van der Waals surface area contributed by atoms with Crippen LogP contribution in [0.4, 0.5) is 18.9 Å². The number of rotatable bonds is 5. The Labute approximate surface area is 115 Å². The van der Waals surface area contributed by atoms with E-state index in [4.69, 9.17) is 5.11 Å². The molecule has 2 N–H and O–H groups in total. The minimum atomic E-state index is -4.50. The van der Waals surface area contributed by atoms with Crippen LogP contribution in [0.3, 0.4) is 0 Å². The molecule has 0 atom stereocenters. The van der Waals surface area contributed by atoms with Gasteiger partial charge in [-0.3, -0.25) is 4.79 Å². The van der Waals surface area contributed by atoms with Crippen LogP contribution in [0, 0.1) is 6.92 Å². The summed E-state index contributed by atoms with van der Waals surface area (Å²) in [6.07, 6.45) is -4.50. The molecule has 1 aromatic carbocycles. The molecule has 0 saturated carbocycles. The average molecular weight is 290 g/mol. The minimum Gasteiger partial charge on any atom is -0.395 e. The van der Waals surface area contributed by atoms with Crippen LogP contribution >= 0.6 is 0 Å². The van der Waals surface area contributed by atoms with E-state index in [1.807, 2.05) is 6.92 Å². The maximum atomic E-state index is 12.5. The predicted molar refractivity (Wildman–Crippen MR) is 69.8 cm³/mol. The molecule has 0 saturated heterocycles. The Morgan fingerprint density at radius 2 is 2.05 bits per heavy atom. The topological polar surface area (TPSA) is 52.6 Å². The molecule has 1 amide bonds. The number of hydrogen-bond acceptors (Lipinski definition) is 3. The summed E-state index contributed by atoms with van der Waals surface area (Å²) in [7, 11) is 1.59. The van der Waals surface area contributed by atoms with E-state index in [2.05, 4.69) is 5.32 Å². The number of aryl methyl sites for hydroxylation is 1. The van der Waals surface area contributed by atoms with Gasteiger partial charge in [0.2, 0.25) is 0 Å². The van der Waals surface area contributed by atoms with E-state index in [-0.39, 0.29) is 12.1 Å². The molecule has 0 bridgehead atoms. The number of nitrogens with one attached hydrogen (secondary N) is 1. The second-order valence-corrected chi connectivity index (χ2v) is 4.36. The first kappa shape index (κ1) is 16.3. The molecule has 4 nitrogen and oxygen atoms in total. The Balaban J connectivity index is 3.06. The molecule has 112 valence electrons. The van der Waals surface area contributed by atoms with Crippen LogP contribution in [0.1, 0.15) is 15.9 Å². The first-order valence-corrected chi connectivity index (χ1v) is 6.03. The first-order valence-electron chi connectivity index (χ1n) is 6.03. The molecule has 0 spiro atoms. The van der Waals surface area contributed by atoms with E-state index in [1.165, 1.54) is 6.07 Å². The standard InChI is InChI=1S/C13H17F3N2O2/c1-9-3-4-10(11(7-9)17-2)12(20)18(5-6-19)8-13(14,15)16/h3-4,7,17,19H,5-6,8H2,1-2H3. The number of nitrogens with zero attached hydrogens (tertiary/aromatic N) is 1. The van der Waals surface area contributed by atoms with Gasteiger partial charge in [-0.1, -0.05) is 6.07 Å². The zero-order valence-corrected chi connectivity index (χ0v) is 11.3. The third kappa shape index (κ3) is 4.41. The summed E-state index contributed by atoms with van der Waals surface area (Å²) < 4.78 is 37.4. The molecule has 1 aromatic rings. The summed E-state index contributed by atoms with van der Waals surface area (Å²) in [5, 5.41) is 11.6. The van der Waals surface area contributed by atoms with Crippen molar-refractivity contribution in [2.75, 3.05) is 32.1 Å². The molecule has 0 aromatic heterocycles. The fourth-order valence-electron chi connectivity index (χ4n) is 1.81. The van der Waals surface area contributed by atoms with E-state index in [0.717, 1.165) is 5.56 Å². The zero-order valence-electron chi connectivity index (χ0n) is 11.3. The number of aliphatic hydroxyl groups is 1. The molecule has 0 radical (unpaired) electrons. The highest BCUT2D eigenvalue weighted by Crippen LogP contribution is 2.22. The third-order valence-corrected chi connectivity index (χ3v) is 2.70. The third-order valence-electron chi connectivity index (χ3n) is 2.70. The Morgan fingerprint density at radius 3 is 2.55 bits per heavy atom. The quantitative estimate of drug-likeness (QED) is 0.872. The zero-order chi connectivity index (χ0) is 15.3. The highest BCUT2D eigenvalue weighted by atomic mass is 19.4. The van der Waals surface area contributed by atoms with Crippen LogP contribution in [0.5, 0.6) is 0 Å². The summed E-state index contributed by atoms with van der Waals surface area (Å²) in [4.78, 5) is 12.8. The average Bonchev–Trinajstić information content (AvgIpc) is 2.35. The van der Waals surface area contributed by atoms with E-state index in [9.17, 15) is 18.0 Å². The van der Waals surface area contributed by atoms with Gasteiger partial charge >= 0.3 is 6.18 Å². The molecule has 0 aliphatic heterocycles. The molecular formula is C13H17F3N2O2. The highest BCUT2D eigenvalue weighted by Gasteiger charge is 2.33. The molecule has 1 rings (SSSR count). The van der Waals surface area contributed by atoms with Gasteiger partial charge in [0, 0.05) is 19.3 Å². The number of anilines is 1. The second-order valence-electron chi connectivity index (χ2n) is 4.36. The number of amides is 1. The first-order chi connectivity index (χ1) is 9.28.